The lowest BCUT2D eigenvalue weighted by molar-refractivity contribution is 0.669. The molecule has 10 aromatic rings. The fraction of sp³-hybridized carbons (Fsp3) is 0. The molecule has 0 atom stereocenters. The quantitative estimate of drug-likeness (QED) is 0.166. The van der Waals surface area contributed by atoms with Crippen molar-refractivity contribution in [1.29, 1.82) is 0 Å². The van der Waals surface area contributed by atoms with Gasteiger partial charge in [0.1, 0.15) is 11.2 Å². The van der Waals surface area contributed by atoms with E-state index >= 15 is 0 Å². The van der Waals surface area contributed by atoms with E-state index in [2.05, 4.69) is 164 Å². The molecule has 55 heavy (non-hydrogen) atoms. The lowest BCUT2D eigenvalue weighted by Crippen LogP contribution is -2.00. The predicted molar refractivity (Wildman–Crippen MR) is 225 cm³/mol. The molecular weight excluding hydrogens is 671 g/mol. The van der Waals surface area contributed by atoms with Crippen LogP contribution in [0.15, 0.2) is 205 Å². The minimum atomic E-state index is 0.620. The lowest BCUT2D eigenvalue weighted by Gasteiger charge is -2.11. The van der Waals surface area contributed by atoms with E-state index in [1.165, 1.54) is 0 Å². The van der Waals surface area contributed by atoms with Gasteiger partial charge in [-0.3, -0.25) is 0 Å². The highest BCUT2D eigenvalue weighted by atomic mass is 16.3. The van der Waals surface area contributed by atoms with Gasteiger partial charge in [-0.1, -0.05) is 170 Å². The van der Waals surface area contributed by atoms with Crippen LogP contribution >= 0.6 is 0 Å². The number of aromatic nitrogens is 3. The van der Waals surface area contributed by atoms with E-state index in [1.54, 1.807) is 0 Å². The molecule has 0 aliphatic carbocycles. The monoisotopic (exact) mass is 703 g/mol. The van der Waals surface area contributed by atoms with Gasteiger partial charge < -0.3 is 4.42 Å². The summed E-state index contributed by atoms with van der Waals surface area (Å²) in [7, 11) is 0. The van der Waals surface area contributed by atoms with E-state index in [0.717, 1.165) is 83.1 Å². The van der Waals surface area contributed by atoms with Gasteiger partial charge in [-0.25, -0.2) is 15.0 Å². The number of hydrogen-bond acceptors (Lipinski definition) is 4. The molecule has 4 heteroatoms. The standard InChI is InChI=1S/C51H33N3O/c1-4-15-34(16-5-1)37-21-11-25-41(32-37)50-52-49(36-19-8-3-9-20-36)53-51(54-50)42-26-12-23-39(33-42)38-22-10-24-40(31-38)44-28-14-30-46-48(44)47-43(27-13-29-45(47)55-46)35-17-6-2-7-18-35/h1-33H. The van der Waals surface area contributed by atoms with Gasteiger partial charge in [0.2, 0.25) is 0 Å². The van der Waals surface area contributed by atoms with Crippen LogP contribution in [0.25, 0.3) is 101 Å². The molecule has 2 aromatic heterocycles. The van der Waals surface area contributed by atoms with Crippen LogP contribution in [0.2, 0.25) is 0 Å². The van der Waals surface area contributed by atoms with Crippen molar-refractivity contribution in [3.05, 3.63) is 200 Å². The SMILES string of the molecule is c1ccc(-c2cccc(-c3nc(-c4ccccc4)nc(-c4cccc(-c5cccc(-c6cccc7oc8cccc(-c9ccccc9)c8c67)c5)c4)n3)c2)cc1. The molecule has 0 spiro atoms. The molecule has 0 saturated heterocycles. The predicted octanol–water partition coefficient (Wildman–Crippen LogP) is 13.4. The fourth-order valence-corrected chi connectivity index (χ4v) is 7.49. The van der Waals surface area contributed by atoms with E-state index in [9.17, 15) is 0 Å². The maximum absolute atomic E-state index is 6.45. The second-order valence-electron chi connectivity index (χ2n) is 13.6. The molecule has 0 saturated carbocycles. The number of fused-ring (bicyclic) bond motifs is 3. The summed E-state index contributed by atoms with van der Waals surface area (Å²) in [6, 6.07) is 69.3. The van der Waals surface area contributed by atoms with Crippen LogP contribution in [0.4, 0.5) is 0 Å². The molecule has 258 valence electrons. The normalized spacial score (nSPS) is 11.3. The zero-order valence-electron chi connectivity index (χ0n) is 29.8. The van der Waals surface area contributed by atoms with Crippen LogP contribution in [0.3, 0.4) is 0 Å². The molecule has 10 rings (SSSR count). The summed E-state index contributed by atoms with van der Waals surface area (Å²) in [5.74, 6) is 1.88. The number of rotatable bonds is 7. The zero-order valence-corrected chi connectivity index (χ0v) is 29.8. The van der Waals surface area contributed by atoms with Crippen molar-refractivity contribution in [3.8, 4) is 78.7 Å². The Labute approximate surface area is 319 Å². The summed E-state index contributed by atoms with van der Waals surface area (Å²) < 4.78 is 6.45. The minimum absolute atomic E-state index is 0.620. The first-order chi connectivity index (χ1) is 27.2. The van der Waals surface area contributed by atoms with Crippen molar-refractivity contribution in [3.63, 3.8) is 0 Å². The third-order valence-electron chi connectivity index (χ3n) is 10.1. The molecular formula is C51H33N3O. The van der Waals surface area contributed by atoms with Gasteiger partial charge in [0.25, 0.3) is 0 Å². The number of hydrogen-bond donors (Lipinski definition) is 0. The third-order valence-corrected chi connectivity index (χ3v) is 10.1. The van der Waals surface area contributed by atoms with Crippen molar-refractivity contribution in [2.75, 3.05) is 0 Å². The van der Waals surface area contributed by atoms with Gasteiger partial charge in [-0.2, -0.15) is 0 Å². The zero-order chi connectivity index (χ0) is 36.6. The molecule has 2 heterocycles. The Kier molecular flexibility index (Phi) is 8.12. The number of furan rings is 1. The summed E-state index contributed by atoms with van der Waals surface area (Å²) in [5, 5.41) is 2.24. The second kappa shape index (κ2) is 13.8. The summed E-state index contributed by atoms with van der Waals surface area (Å²) in [4.78, 5) is 15.1. The molecule has 0 aliphatic heterocycles. The summed E-state index contributed by atoms with van der Waals surface area (Å²) in [6.45, 7) is 0. The van der Waals surface area contributed by atoms with Gasteiger partial charge in [0.15, 0.2) is 17.5 Å². The highest BCUT2D eigenvalue weighted by Gasteiger charge is 2.18. The average molecular weight is 704 g/mol. The van der Waals surface area contributed by atoms with Crippen LogP contribution in [0.5, 0.6) is 0 Å². The van der Waals surface area contributed by atoms with Crippen molar-refractivity contribution < 1.29 is 4.42 Å². The Balaban J connectivity index is 1.07. The Morgan fingerprint density at radius 3 is 1.13 bits per heavy atom. The topological polar surface area (TPSA) is 51.8 Å². The Morgan fingerprint density at radius 1 is 0.255 bits per heavy atom. The Morgan fingerprint density at radius 2 is 0.600 bits per heavy atom. The van der Waals surface area contributed by atoms with Gasteiger partial charge >= 0.3 is 0 Å². The van der Waals surface area contributed by atoms with E-state index in [1.807, 2.05) is 36.4 Å². The van der Waals surface area contributed by atoms with Crippen LogP contribution in [-0.4, -0.2) is 15.0 Å². The molecule has 0 bridgehead atoms. The lowest BCUT2D eigenvalue weighted by atomic mass is 9.93. The molecule has 4 nitrogen and oxygen atoms in total. The average Bonchev–Trinajstić information content (AvgIpc) is 3.67. The van der Waals surface area contributed by atoms with E-state index in [4.69, 9.17) is 19.4 Å². The molecule has 0 amide bonds. The first kappa shape index (κ1) is 32.2. The van der Waals surface area contributed by atoms with Crippen molar-refractivity contribution in [2.45, 2.75) is 0 Å². The smallest absolute Gasteiger partial charge is 0.164 e. The summed E-state index contributed by atoms with van der Waals surface area (Å²) in [5.41, 5.74) is 13.5. The van der Waals surface area contributed by atoms with Crippen LogP contribution in [-0.2, 0) is 0 Å². The Hall–Kier alpha value is -7.43. The largest absolute Gasteiger partial charge is 0.456 e. The van der Waals surface area contributed by atoms with Crippen LogP contribution < -0.4 is 0 Å². The van der Waals surface area contributed by atoms with Crippen molar-refractivity contribution in [2.24, 2.45) is 0 Å². The van der Waals surface area contributed by atoms with Gasteiger partial charge in [-0.05, 0) is 74.8 Å². The first-order valence-corrected chi connectivity index (χ1v) is 18.4. The third kappa shape index (κ3) is 6.16. The van der Waals surface area contributed by atoms with Gasteiger partial charge in [-0.15, -0.1) is 0 Å². The maximum Gasteiger partial charge on any atom is 0.164 e. The molecule has 8 aromatic carbocycles. The molecule has 0 aliphatic rings. The molecule has 0 unspecified atom stereocenters. The minimum Gasteiger partial charge on any atom is -0.456 e. The van der Waals surface area contributed by atoms with Crippen LogP contribution in [0.1, 0.15) is 0 Å². The van der Waals surface area contributed by atoms with E-state index < -0.39 is 0 Å². The highest BCUT2D eigenvalue weighted by molar-refractivity contribution is 6.18. The van der Waals surface area contributed by atoms with Crippen molar-refractivity contribution >= 4 is 21.9 Å². The summed E-state index contributed by atoms with van der Waals surface area (Å²) >= 11 is 0. The number of nitrogens with zero attached hydrogens (tertiary/aromatic N) is 3. The molecule has 0 fully saturated rings. The Bertz CT molecular complexity index is 2970. The second-order valence-corrected chi connectivity index (χ2v) is 13.6. The summed E-state index contributed by atoms with van der Waals surface area (Å²) in [6.07, 6.45) is 0. The fourth-order valence-electron chi connectivity index (χ4n) is 7.49. The molecule has 0 N–H and O–H groups in total. The first-order valence-electron chi connectivity index (χ1n) is 18.4. The molecule has 0 radical (unpaired) electrons. The van der Waals surface area contributed by atoms with Gasteiger partial charge in [0.05, 0.1) is 0 Å². The van der Waals surface area contributed by atoms with Gasteiger partial charge in [0, 0.05) is 27.5 Å². The van der Waals surface area contributed by atoms with E-state index in [-0.39, 0.29) is 0 Å². The highest BCUT2D eigenvalue weighted by Crippen LogP contribution is 2.42. The van der Waals surface area contributed by atoms with Crippen LogP contribution in [0, 0.1) is 0 Å². The van der Waals surface area contributed by atoms with Crippen molar-refractivity contribution in [1.82, 2.24) is 15.0 Å². The van der Waals surface area contributed by atoms with E-state index in [0.29, 0.717) is 17.5 Å². The number of benzene rings is 8. The maximum atomic E-state index is 6.45.